The Bertz CT molecular complexity index is 846. The molecule has 1 aliphatic heterocycles. The number of ether oxygens (including phenoxy) is 3. The monoisotopic (exact) mass is 416 g/mol. The van der Waals surface area contributed by atoms with Gasteiger partial charge in [0.05, 0.1) is 31.4 Å². The van der Waals surface area contributed by atoms with Gasteiger partial charge < -0.3 is 24.2 Å². The molecule has 10 heteroatoms. The van der Waals surface area contributed by atoms with E-state index in [0.717, 1.165) is 0 Å². The van der Waals surface area contributed by atoms with Gasteiger partial charge in [0.2, 0.25) is 0 Å². The van der Waals surface area contributed by atoms with Crippen LogP contribution in [0.3, 0.4) is 0 Å². The first kappa shape index (κ1) is 22.9. The molecular formula is C20H24N4O6. The van der Waals surface area contributed by atoms with Gasteiger partial charge in [-0.15, -0.1) is 6.42 Å². The van der Waals surface area contributed by atoms with Crippen molar-refractivity contribution < 1.29 is 28.9 Å². The van der Waals surface area contributed by atoms with Gasteiger partial charge in [0.25, 0.3) is 0 Å². The molecule has 2 rings (SSSR count). The molecule has 10 nitrogen and oxygen atoms in total. The SMILES string of the molecule is C#CCOC1CCN(C(=O)O)[C@H](c2ccc(C(=O)OC)cc2OCCCN=[N+]=[N-])C1. The maximum Gasteiger partial charge on any atom is 0.407 e. The summed E-state index contributed by atoms with van der Waals surface area (Å²) in [4.78, 5) is 27.8. The van der Waals surface area contributed by atoms with Gasteiger partial charge in [-0.25, -0.2) is 9.59 Å². The lowest BCUT2D eigenvalue weighted by Crippen LogP contribution is -2.42. The van der Waals surface area contributed by atoms with Gasteiger partial charge in [-0.3, -0.25) is 0 Å². The van der Waals surface area contributed by atoms with Crippen LogP contribution in [0.2, 0.25) is 0 Å². The summed E-state index contributed by atoms with van der Waals surface area (Å²) in [7, 11) is 1.28. The smallest absolute Gasteiger partial charge is 0.407 e. The number of hydrogen-bond acceptors (Lipinski definition) is 6. The number of terminal acetylenes is 1. The number of piperidine rings is 1. The van der Waals surface area contributed by atoms with E-state index in [-0.39, 0.29) is 38.0 Å². The maximum atomic E-state index is 11.9. The molecule has 2 atom stereocenters. The van der Waals surface area contributed by atoms with E-state index in [4.69, 9.17) is 26.2 Å². The van der Waals surface area contributed by atoms with Crippen LogP contribution in [0, 0.1) is 12.3 Å². The number of likely N-dealkylation sites (tertiary alicyclic amines) is 1. The number of carbonyl (C=O) groups excluding carboxylic acids is 1. The Balaban J connectivity index is 2.33. The second-order valence-electron chi connectivity index (χ2n) is 6.55. The fraction of sp³-hybridized carbons (Fsp3) is 0.500. The minimum atomic E-state index is -1.05. The number of carboxylic acid groups (broad SMARTS) is 1. The van der Waals surface area contributed by atoms with Crippen LogP contribution >= 0.6 is 0 Å². The Labute approximate surface area is 174 Å². The van der Waals surface area contributed by atoms with Crippen LogP contribution in [0.5, 0.6) is 5.75 Å². The summed E-state index contributed by atoms with van der Waals surface area (Å²) < 4.78 is 16.2. The molecule has 1 N–H and O–H groups in total. The van der Waals surface area contributed by atoms with Crippen molar-refractivity contribution in [3.05, 3.63) is 39.8 Å². The van der Waals surface area contributed by atoms with Crippen molar-refractivity contribution in [2.75, 3.05) is 33.4 Å². The Morgan fingerprint density at radius 1 is 1.47 bits per heavy atom. The van der Waals surface area contributed by atoms with E-state index >= 15 is 0 Å². The molecule has 0 spiro atoms. The number of carbonyl (C=O) groups is 2. The number of esters is 1. The molecule has 1 heterocycles. The van der Waals surface area contributed by atoms with E-state index in [9.17, 15) is 14.7 Å². The predicted molar refractivity (Wildman–Crippen MR) is 107 cm³/mol. The minimum Gasteiger partial charge on any atom is -0.493 e. The molecule has 1 amide bonds. The topological polar surface area (TPSA) is 134 Å². The third-order valence-corrected chi connectivity index (χ3v) is 4.72. The molecule has 1 aromatic carbocycles. The van der Waals surface area contributed by atoms with Crippen molar-refractivity contribution in [1.82, 2.24) is 4.90 Å². The first-order valence-corrected chi connectivity index (χ1v) is 9.42. The molecule has 30 heavy (non-hydrogen) atoms. The maximum absolute atomic E-state index is 11.9. The minimum absolute atomic E-state index is 0.147. The summed E-state index contributed by atoms with van der Waals surface area (Å²) in [5, 5.41) is 13.1. The average molecular weight is 416 g/mol. The van der Waals surface area contributed by atoms with E-state index in [0.29, 0.717) is 30.6 Å². The van der Waals surface area contributed by atoms with E-state index in [1.54, 1.807) is 12.1 Å². The normalized spacial score (nSPS) is 18.1. The van der Waals surface area contributed by atoms with Crippen LogP contribution in [0.15, 0.2) is 23.3 Å². The number of methoxy groups -OCH3 is 1. The molecule has 1 saturated heterocycles. The molecule has 1 aromatic rings. The number of benzene rings is 1. The van der Waals surface area contributed by atoms with Crippen molar-refractivity contribution in [2.24, 2.45) is 5.11 Å². The lowest BCUT2D eigenvalue weighted by molar-refractivity contribution is 0.00155. The van der Waals surface area contributed by atoms with Crippen LogP contribution in [0.1, 0.15) is 41.2 Å². The standard InChI is InChI=1S/C20H24N4O6/c1-3-10-29-15-7-9-24(20(26)27)17(13-15)16-6-5-14(19(25)28-2)12-18(16)30-11-4-8-22-23-21/h1,5-6,12,15,17H,4,7-11,13H2,2H3,(H,26,27)/t15?,17-/m0/s1. The Morgan fingerprint density at radius 3 is 2.93 bits per heavy atom. The van der Waals surface area contributed by atoms with Crippen LogP contribution in [0.25, 0.3) is 10.4 Å². The second kappa shape index (κ2) is 11.6. The van der Waals surface area contributed by atoms with Gasteiger partial charge in [-0.2, -0.15) is 0 Å². The molecule has 1 unspecified atom stereocenters. The fourth-order valence-electron chi connectivity index (χ4n) is 3.32. The molecule has 1 fully saturated rings. The summed E-state index contributed by atoms with van der Waals surface area (Å²) in [6.45, 7) is 0.918. The molecular weight excluding hydrogens is 392 g/mol. The third kappa shape index (κ3) is 6.04. The Hall–Kier alpha value is -3.41. The third-order valence-electron chi connectivity index (χ3n) is 4.72. The van der Waals surface area contributed by atoms with E-state index in [2.05, 4.69) is 15.9 Å². The molecule has 0 radical (unpaired) electrons. The zero-order chi connectivity index (χ0) is 21.9. The fourth-order valence-corrected chi connectivity index (χ4v) is 3.32. The first-order valence-electron chi connectivity index (χ1n) is 9.42. The number of hydrogen-bond donors (Lipinski definition) is 1. The van der Waals surface area contributed by atoms with Crippen molar-refractivity contribution in [3.63, 3.8) is 0 Å². The van der Waals surface area contributed by atoms with Crippen LogP contribution in [-0.2, 0) is 9.47 Å². The Morgan fingerprint density at radius 2 is 2.27 bits per heavy atom. The molecule has 0 aromatic heterocycles. The highest BCUT2D eigenvalue weighted by Crippen LogP contribution is 2.38. The zero-order valence-corrected chi connectivity index (χ0v) is 16.7. The van der Waals surface area contributed by atoms with Crippen LogP contribution in [-0.4, -0.2) is 61.6 Å². The molecule has 0 saturated carbocycles. The summed E-state index contributed by atoms with van der Waals surface area (Å²) in [5.41, 5.74) is 9.27. The number of rotatable bonds is 9. The number of amides is 1. The predicted octanol–water partition coefficient (Wildman–Crippen LogP) is 3.39. The number of azide groups is 1. The number of nitrogens with zero attached hydrogens (tertiary/aromatic N) is 4. The summed E-state index contributed by atoms with van der Waals surface area (Å²) in [6.07, 6.45) is 5.42. The van der Waals surface area contributed by atoms with Crippen molar-refractivity contribution in [1.29, 1.82) is 0 Å². The average Bonchev–Trinajstić information content (AvgIpc) is 2.76. The van der Waals surface area contributed by atoms with E-state index in [1.807, 2.05) is 0 Å². The van der Waals surface area contributed by atoms with Gasteiger partial charge >= 0.3 is 12.1 Å². The largest absolute Gasteiger partial charge is 0.493 e. The van der Waals surface area contributed by atoms with Gasteiger partial charge in [0.15, 0.2) is 0 Å². The summed E-state index contributed by atoms with van der Waals surface area (Å²) in [5.74, 6) is 2.26. The highest BCUT2D eigenvalue weighted by Gasteiger charge is 2.35. The molecule has 160 valence electrons. The molecule has 0 bridgehead atoms. The first-order chi connectivity index (χ1) is 14.5. The van der Waals surface area contributed by atoms with Gasteiger partial charge in [-0.05, 0) is 36.9 Å². The van der Waals surface area contributed by atoms with Gasteiger partial charge in [0, 0.05) is 23.6 Å². The van der Waals surface area contributed by atoms with Crippen LogP contribution < -0.4 is 4.74 Å². The Kier molecular flexibility index (Phi) is 8.81. The van der Waals surface area contributed by atoms with Crippen molar-refractivity contribution in [2.45, 2.75) is 31.4 Å². The molecule has 0 aliphatic carbocycles. The summed E-state index contributed by atoms with van der Waals surface area (Å²) in [6, 6.07) is 4.23. The van der Waals surface area contributed by atoms with E-state index < -0.39 is 18.1 Å². The van der Waals surface area contributed by atoms with Gasteiger partial charge in [-0.1, -0.05) is 17.1 Å². The van der Waals surface area contributed by atoms with Crippen LogP contribution in [0.4, 0.5) is 4.79 Å². The lowest BCUT2D eigenvalue weighted by Gasteiger charge is -2.38. The second-order valence-corrected chi connectivity index (χ2v) is 6.55. The molecule has 1 aliphatic rings. The zero-order valence-electron chi connectivity index (χ0n) is 16.7. The van der Waals surface area contributed by atoms with E-state index in [1.165, 1.54) is 18.1 Å². The quantitative estimate of drug-likeness (QED) is 0.164. The highest BCUT2D eigenvalue weighted by atomic mass is 16.5. The van der Waals surface area contributed by atoms with Crippen molar-refractivity contribution in [3.8, 4) is 18.1 Å². The lowest BCUT2D eigenvalue weighted by atomic mass is 9.92. The highest BCUT2D eigenvalue weighted by molar-refractivity contribution is 5.90. The summed E-state index contributed by atoms with van der Waals surface area (Å²) >= 11 is 0. The van der Waals surface area contributed by atoms with Crippen molar-refractivity contribution >= 4 is 12.1 Å². The van der Waals surface area contributed by atoms with Gasteiger partial charge in [0.1, 0.15) is 12.4 Å².